The van der Waals surface area contributed by atoms with Gasteiger partial charge in [-0.15, -0.1) is 0 Å². The maximum atomic E-state index is 10.3. The molecule has 0 aliphatic rings. The fourth-order valence-electron chi connectivity index (χ4n) is 0.613. The van der Waals surface area contributed by atoms with Gasteiger partial charge in [0.05, 0.1) is 4.90 Å². The smallest absolute Gasteiger partial charge is 0.124 e. The minimum absolute atomic E-state index is 0.0719. The molecule has 0 heterocycles. The number of phenols is 1. The van der Waals surface area contributed by atoms with E-state index in [9.17, 15) is 13.0 Å². The molecule has 0 spiro atoms. The van der Waals surface area contributed by atoms with E-state index >= 15 is 0 Å². The van der Waals surface area contributed by atoms with Crippen molar-refractivity contribution in [3.8, 4) is 5.75 Å². The van der Waals surface area contributed by atoms with Crippen LogP contribution in [0.4, 0.5) is 0 Å². The summed E-state index contributed by atoms with van der Waals surface area (Å²) in [5.74, 6) is -0.0719. The highest BCUT2D eigenvalue weighted by Crippen LogP contribution is 2.13. The number of hydrogen-bond acceptors (Lipinski definition) is 8. The van der Waals surface area contributed by atoms with E-state index in [1.165, 1.54) is 0 Å². The molecule has 0 unspecified atom stereocenters. The van der Waals surface area contributed by atoms with Gasteiger partial charge in [-0.25, -0.2) is 8.42 Å². The lowest BCUT2D eigenvalue weighted by Gasteiger charge is -2.06. The standard InChI is InChI=1S/C6H6O4S.H2O4S/c7-5-1-3-6(4-2-5)11(8,9)10;1-5(2,3)4/h1-4,7H,(H,8,9,10);(H2,1,2,3,4)/p-3. The van der Waals surface area contributed by atoms with Gasteiger partial charge in [0.25, 0.3) is 0 Å². The van der Waals surface area contributed by atoms with Crippen LogP contribution >= 0.6 is 0 Å². The van der Waals surface area contributed by atoms with Gasteiger partial charge < -0.3 is 18.8 Å². The van der Waals surface area contributed by atoms with Gasteiger partial charge in [-0.05, 0) is 24.3 Å². The second-order valence-corrected chi connectivity index (χ2v) is 4.55. The Morgan fingerprint density at radius 1 is 0.875 bits per heavy atom. The van der Waals surface area contributed by atoms with Crippen LogP contribution in [0.25, 0.3) is 0 Å². The highest BCUT2D eigenvalue weighted by atomic mass is 32.3. The molecule has 10 heteroatoms. The molecular formula is C6H5O8S2-3. The van der Waals surface area contributed by atoms with Gasteiger partial charge in [0.2, 0.25) is 0 Å². The Morgan fingerprint density at radius 3 is 1.44 bits per heavy atom. The third kappa shape index (κ3) is 8.14. The monoisotopic (exact) mass is 269 g/mol. The van der Waals surface area contributed by atoms with Crippen molar-refractivity contribution >= 4 is 20.5 Å². The Kier molecular flexibility index (Phi) is 4.83. The second kappa shape index (κ2) is 5.23. The summed E-state index contributed by atoms with van der Waals surface area (Å²) in [5, 5.41) is 8.73. The summed E-state index contributed by atoms with van der Waals surface area (Å²) >= 11 is 0. The Bertz CT molecular complexity index is 518. The summed E-state index contributed by atoms with van der Waals surface area (Å²) < 4.78 is 65.0. The molecule has 1 N–H and O–H groups in total. The summed E-state index contributed by atoms with van der Waals surface area (Å²) in [6, 6.07) is 4.39. The average Bonchev–Trinajstić information content (AvgIpc) is 1.99. The fraction of sp³-hybridized carbons (Fsp3) is 0. The number of hydrogen-bond donors (Lipinski definition) is 1. The third-order valence-corrected chi connectivity index (χ3v) is 1.97. The van der Waals surface area contributed by atoms with Crippen molar-refractivity contribution in [2.24, 2.45) is 0 Å². The minimum Gasteiger partial charge on any atom is -0.759 e. The van der Waals surface area contributed by atoms with E-state index in [2.05, 4.69) is 0 Å². The van der Waals surface area contributed by atoms with Crippen molar-refractivity contribution in [3.05, 3.63) is 24.3 Å². The summed E-state index contributed by atoms with van der Waals surface area (Å²) in [4.78, 5) is -0.338. The van der Waals surface area contributed by atoms with Gasteiger partial charge in [-0.2, -0.15) is 0 Å². The lowest BCUT2D eigenvalue weighted by Crippen LogP contribution is -1.97. The van der Waals surface area contributed by atoms with Gasteiger partial charge >= 0.3 is 0 Å². The molecule has 0 bridgehead atoms. The van der Waals surface area contributed by atoms with Crippen LogP contribution < -0.4 is 0 Å². The molecule has 0 saturated heterocycles. The fourth-order valence-corrected chi connectivity index (χ4v) is 1.08. The van der Waals surface area contributed by atoms with Gasteiger partial charge in [-0.3, -0.25) is 8.42 Å². The van der Waals surface area contributed by atoms with Gasteiger partial charge in [0, 0.05) is 10.4 Å². The summed E-state index contributed by atoms with van der Waals surface area (Å²) in [6.07, 6.45) is 0. The van der Waals surface area contributed by atoms with Crippen molar-refractivity contribution in [3.63, 3.8) is 0 Å². The predicted octanol–water partition coefficient (Wildman–Crippen LogP) is -1.04. The topological polar surface area (TPSA) is 158 Å². The first-order valence-electron chi connectivity index (χ1n) is 3.42. The molecule has 0 aliphatic heterocycles. The summed E-state index contributed by atoms with van der Waals surface area (Å²) in [7, 11) is -9.55. The normalized spacial score (nSPS) is 11.4. The van der Waals surface area contributed by atoms with Gasteiger partial charge in [0.1, 0.15) is 15.9 Å². The van der Waals surface area contributed by atoms with Crippen LogP contribution in [0, 0.1) is 0 Å². The number of phenolic OH excluding ortho intramolecular Hbond substituents is 1. The molecule has 0 radical (unpaired) electrons. The quantitative estimate of drug-likeness (QED) is 0.499. The van der Waals surface area contributed by atoms with E-state index in [1.54, 1.807) is 0 Å². The van der Waals surface area contributed by atoms with Crippen LogP contribution in [0.5, 0.6) is 5.75 Å². The summed E-state index contributed by atoms with van der Waals surface area (Å²) in [6.45, 7) is 0. The molecule has 0 saturated carbocycles. The Hall–Kier alpha value is -1.20. The molecule has 0 aromatic heterocycles. The Morgan fingerprint density at radius 2 is 1.19 bits per heavy atom. The zero-order valence-electron chi connectivity index (χ0n) is 7.43. The molecule has 16 heavy (non-hydrogen) atoms. The molecule has 0 aliphatic carbocycles. The van der Waals surface area contributed by atoms with E-state index in [-0.39, 0.29) is 10.6 Å². The maximum absolute atomic E-state index is 10.3. The first kappa shape index (κ1) is 14.8. The van der Waals surface area contributed by atoms with E-state index in [0.29, 0.717) is 0 Å². The first-order chi connectivity index (χ1) is 7.00. The van der Waals surface area contributed by atoms with Crippen LogP contribution in [-0.2, 0) is 20.5 Å². The zero-order chi connectivity index (χ0) is 13.0. The largest absolute Gasteiger partial charge is 0.759 e. The molecular weight excluding hydrogens is 264 g/mol. The molecule has 1 aromatic rings. The number of benzene rings is 1. The van der Waals surface area contributed by atoms with Crippen LogP contribution in [-0.4, -0.2) is 35.6 Å². The van der Waals surface area contributed by atoms with Gasteiger partial charge in [-0.1, -0.05) is 0 Å². The second-order valence-electron chi connectivity index (χ2n) is 2.36. The molecule has 0 amide bonds. The lowest BCUT2D eigenvalue weighted by molar-refractivity contribution is 0.352. The SMILES string of the molecule is O=S(=O)([O-])[O-].O=S(=O)([O-])c1ccc(O)cc1. The minimum atomic E-state index is -5.17. The molecule has 92 valence electrons. The molecule has 8 nitrogen and oxygen atoms in total. The van der Waals surface area contributed by atoms with Gasteiger partial charge in [0.15, 0.2) is 0 Å². The predicted molar refractivity (Wildman–Crippen MR) is 46.5 cm³/mol. The summed E-state index contributed by atoms with van der Waals surface area (Å²) in [5.41, 5.74) is 0. The van der Waals surface area contributed by atoms with Crippen molar-refractivity contribution in [2.45, 2.75) is 4.90 Å². The van der Waals surface area contributed by atoms with E-state index in [1.807, 2.05) is 0 Å². The van der Waals surface area contributed by atoms with Crippen LogP contribution in [0.15, 0.2) is 29.2 Å². The van der Waals surface area contributed by atoms with Crippen molar-refractivity contribution < 1.29 is 35.6 Å². The van der Waals surface area contributed by atoms with Crippen molar-refractivity contribution in [2.75, 3.05) is 0 Å². The molecule has 0 fully saturated rings. The van der Waals surface area contributed by atoms with Crippen LogP contribution in [0.2, 0.25) is 0 Å². The number of rotatable bonds is 1. The molecule has 1 aromatic carbocycles. The highest BCUT2D eigenvalue weighted by molar-refractivity contribution is 7.85. The zero-order valence-corrected chi connectivity index (χ0v) is 9.06. The highest BCUT2D eigenvalue weighted by Gasteiger charge is 1.98. The third-order valence-electron chi connectivity index (χ3n) is 1.13. The maximum Gasteiger partial charge on any atom is 0.124 e. The number of aromatic hydroxyl groups is 1. The van der Waals surface area contributed by atoms with Crippen molar-refractivity contribution in [1.29, 1.82) is 0 Å². The van der Waals surface area contributed by atoms with E-state index in [4.69, 9.17) is 22.6 Å². The lowest BCUT2D eigenvalue weighted by atomic mass is 10.3. The Labute approximate surface area is 91.5 Å². The van der Waals surface area contributed by atoms with E-state index in [0.717, 1.165) is 24.3 Å². The van der Waals surface area contributed by atoms with Crippen LogP contribution in [0.3, 0.4) is 0 Å². The first-order valence-corrected chi connectivity index (χ1v) is 6.16. The van der Waals surface area contributed by atoms with Crippen LogP contribution in [0.1, 0.15) is 0 Å². The van der Waals surface area contributed by atoms with Crippen molar-refractivity contribution in [1.82, 2.24) is 0 Å². The molecule has 0 atom stereocenters. The Balaban J connectivity index is 0.000000385. The molecule has 1 rings (SSSR count). The van der Waals surface area contributed by atoms with E-state index < -0.39 is 20.5 Å². The average molecular weight is 269 g/mol.